The Labute approximate surface area is 119 Å². The average Bonchev–Trinajstić information content (AvgIpc) is 2.85. The fraction of sp³-hybridized carbons (Fsp3) is 0.231. The third kappa shape index (κ3) is 2.92. The Morgan fingerprint density at radius 1 is 1.55 bits per heavy atom. The van der Waals surface area contributed by atoms with Crippen LogP contribution in [0.15, 0.2) is 24.4 Å². The van der Waals surface area contributed by atoms with Gasteiger partial charge in [-0.25, -0.2) is 4.98 Å². The first kappa shape index (κ1) is 14.0. The van der Waals surface area contributed by atoms with Crippen molar-refractivity contribution < 1.29 is 4.92 Å². The summed E-state index contributed by atoms with van der Waals surface area (Å²) >= 11 is 1.57. The van der Waals surface area contributed by atoms with E-state index >= 15 is 0 Å². The maximum atomic E-state index is 10.9. The van der Waals surface area contributed by atoms with Gasteiger partial charge in [-0.2, -0.15) is 5.26 Å². The molecule has 0 aliphatic rings. The Balaban J connectivity index is 2.24. The number of aromatic nitrogens is 1. The molecule has 2 rings (SSSR count). The van der Waals surface area contributed by atoms with Crippen LogP contribution in [0.3, 0.4) is 0 Å². The zero-order valence-electron chi connectivity index (χ0n) is 11.0. The molecule has 0 saturated carbocycles. The highest BCUT2D eigenvalue weighted by molar-refractivity contribution is 7.11. The van der Waals surface area contributed by atoms with Crippen LogP contribution in [0.5, 0.6) is 0 Å². The summed E-state index contributed by atoms with van der Waals surface area (Å²) in [5.74, 6) is 0. The van der Waals surface area contributed by atoms with E-state index in [1.807, 2.05) is 19.9 Å². The van der Waals surface area contributed by atoms with Gasteiger partial charge in [0.25, 0.3) is 5.69 Å². The molecule has 0 aliphatic heterocycles. The zero-order valence-corrected chi connectivity index (χ0v) is 11.8. The molecule has 20 heavy (non-hydrogen) atoms. The lowest BCUT2D eigenvalue weighted by Crippen LogP contribution is -2.06. The first-order valence-corrected chi connectivity index (χ1v) is 6.70. The second-order valence-corrected chi connectivity index (χ2v) is 5.54. The predicted molar refractivity (Wildman–Crippen MR) is 76.7 cm³/mol. The van der Waals surface area contributed by atoms with Gasteiger partial charge < -0.3 is 5.32 Å². The standard InChI is InChI=1S/C13H12N4O2S/c1-8-7-15-13(20-8)9(2)16-11-4-3-10(6-14)12(5-11)17(18)19/h3-5,7,9,16H,1-2H3. The molecule has 1 atom stereocenters. The Morgan fingerprint density at radius 3 is 2.85 bits per heavy atom. The van der Waals surface area contributed by atoms with Gasteiger partial charge in [0, 0.05) is 22.8 Å². The summed E-state index contributed by atoms with van der Waals surface area (Å²) in [5, 5.41) is 23.8. The number of nitriles is 1. The number of nitro groups is 1. The molecule has 1 heterocycles. The van der Waals surface area contributed by atoms with E-state index in [1.54, 1.807) is 23.6 Å². The van der Waals surface area contributed by atoms with Gasteiger partial charge in [0.15, 0.2) is 0 Å². The van der Waals surface area contributed by atoms with Crippen molar-refractivity contribution >= 4 is 22.7 Å². The van der Waals surface area contributed by atoms with Crippen LogP contribution in [0, 0.1) is 28.4 Å². The van der Waals surface area contributed by atoms with Gasteiger partial charge in [0.1, 0.15) is 16.6 Å². The maximum Gasteiger partial charge on any atom is 0.289 e. The lowest BCUT2D eigenvalue weighted by Gasteiger charge is -2.12. The molecule has 6 nitrogen and oxygen atoms in total. The summed E-state index contributed by atoms with van der Waals surface area (Å²) in [4.78, 5) is 15.7. The smallest absolute Gasteiger partial charge is 0.289 e. The van der Waals surface area contributed by atoms with Gasteiger partial charge in [-0.3, -0.25) is 10.1 Å². The van der Waals surface area contributed by atoms with E-state index in [2.05, 4.69) is 10.3 Å². The van der Waals surface area contributed by atoms with E-state index in [1.165, 1.54) is 12.1 Å². The lowest BCUT2D eigenvalue weighted by molar-refractivity contribution is -0.385. The van der Waals surface area contributed by atoms with E-state index < -0.39 is 4.92 Å². The Kier molecular flexibility index (Phi) is 3.96. The highest BCUT2D eigenvalue weighted by Crippen LogP contribution is 2.27. The first-order valence-electron chi connectivity index (χ1n) is 5.88. The molecule has 1 aromatic carbocycles. The van der Waals surface area contributed by atoms with Crippen molar-refractivity contribution in [3.8, 4) is 6.07 Å². The molecule has 1 N–H and O–H groups in total. The number of nitrogens with zero attached hydrogens (tertiary/aromatic N) is 3. The van der Waals surface area contributed by atoms with Gasteiger partial charge in [0.05, 0.1) is 11.0 Å². The van der Waals surface area contributed by atoms with Crippen molar-refractivity contribution in [3.63, 3.8) is 0 Å². The molecule has 0 spiro atoms. The topological polar surface area (TPSA) is 91.8 Å². The highest BCUT2D eigenvalue weighted by atomic mass is 32.1. The van der Waals surface area contributed by atoms with Crippen molar-refractivity contribution in [2.45, 2.75) is 19.9 Å². The first-order chi connectivity index (χ1) is 9.51. The summed E-state index contributed by atoms with van der Waals surface area (Å²) < 4.78 is 0. The zero-order chi connectivity index (χ0) is 14.7. The van der Waals surface area contributed by atoms with E-state index in [0.717, 1.165) is 9.88 Å². The normalized spacial score (nSPS) is 11.7. The molecule has 0 saturated heterocycles. The maximum absolute atomic E-state index is 10.9. The molecule has 1 aromatic heterocycles. The molecule has 0 aliphatic carbocycles. The molecule has 0 amide bonds. The van der Waals surface area contributed by atoms with Gasteiger partial charge >= 0.3 is 0 Å². The van der Waals surface area contributed by atoms with Crippen LogP contribution in [0.4, 0.5) is 11.4 Å². The number of benzene rings is 1. The number of nitro benzene ring substituents is 1. The van der Waals surface area contributed by atoms with E-state index in [9.17, 15) is 10.1 Å². The molecule has 1 unspecified atom stereocenters. The molecule has 0 fully saturated rings. The Morgan fingerprint density at radius 2 is 2.30 bits per heavy atom. The molecule has 0 bridgehead atoms. The van der Waals surface area contributed by atoms with E-state index in [0.29, 0.717) is 5.69 Å². The quantitative estimate of drug-likeness (QED) is 0.687. The Bertz CT molecular complexity index is 690. The van der Waals surface area contributed by atoms with Crippen LogP contribution in [0.2, 0.25) is 0 Å². The van der Waals surface area contributed by atoms with E-state index in [4.69, 9.17) is 5.26 Å². The van der Waals surface area contributed by atoms with Gasteiger partial charge in [-0.15, -0.1) is 11.3 Å². The fourth-order valence-electron chi connectivity index (χ4n) is 1.75. The van der Waals surface area contributed by atoms with Crippen molar-refractivity contribution in [2.75, 3.05) is 5.32 Å². The second-order valence-electron chi connectivity index (χ2n) is 4.28. The van der Waals surface area contributed by atoms with Gasteiger partial charge in [-0.05, 0) is 26.0 Å². The van der Waals surface area contributed by atoms with Crippen LogP contribution < -0.4 is 5.32 Å². The molecular weight excluding hydrogens is 276 g/mol. The van der Waals surface area contributed by atoms with Crippen molar-refractivity contribution in [3.05, 3.63) is 50.0 Å². The summed E-state index contributed by atoms with van der Waals surface area (Å²) in [6.07, 6.45) is 1.79. The molecule has 102 valence electrons. The summed E-state index contributed by atoms with van der Waals surface area (Å²) in [6.45, 7) is 3.91. The monoisotopic (exact) mass is 288 g/mol. The van der Waals surface area contributed by atoms with Crippen LogP contribution in [-0.2, 0) is 0 Å². The SMILES string of the molecule is Cc1cnc(C(C)Nc2ccc(C#N)c([N+](=O)[O-])c2)s1. The van der Waals surface area contributed by atoms with Crippen molar-refractivity contribution in [1.29, 1.82) is 5.26 Å². The molecular formula is C13H12N4O2S. The summed E-state index contributed by atoms with van der Waals surface area (Å²) in [6, 6.07) is 6.23. The average molecular weight is 288 g/mol. The highest BCUT2D eigenvalue weighted by Gasteiger charge is 2.16. The lowest BCUT2D eigenvalue weighted by atomic mass is 10.1. The summed E-state index contributed by atoms with van der Waals surface area (Å²) in [7, 11) is 0. The minimum atomic E-state index is -0.554. The minimum Gasteiger partial charge on any atom is -0.376 e. The molecule has 0 radical (unpaired) electrons. The van der Waals surface area contributed by atoms with Crippen LogP contribution in [-0.4, -0.2) is 9.91 Å². The fourth-order valence-corrected chi connectivity index (χ4v) is 2.53. The second kappa shape index (κ2) is 5.67. The Hall–Kier alpha value is -2.46. The number of hydrogen-bond acceptors (Lipinski definition) is 6. The van der Waals surface area contributed by atoms with Gasteiger partial charge in [-0.1, -0.05) is 0 Å². The van der Waals surface area contributed by atoms with Gasteiger partial charge in [0.2, 0.25) is 0 Å². The van der Waals surface area contributed by atoms with Crippen LogP contribution >= 0.6 is 11.3 Å². The largest absolute Gasteiger partial charge is 0.376 e. The minimum absolute atomic E-state index is 0.0540. The number of thiazole rings is 1. The van der Waals surface area contributed by atoms with Crippen molar-refractivity contribution in [2.24, 2.45) is 0 Å². The molecule has 7 heteroatoms. The van der Waals surface area contributed by atoms with Crippen LogP contribution in [0.1, 0.15) is 28.4 Å². The molecule has 2 aromatic rings. The number of hydrogen-bond donors (Lipinski definition) is 1. The number of rotatable bonds is 4. The number of aryl methyl sites for hydroxylation is 1. The van der Waals surface area contributed by atoms with E-state index in [-0.39, 0.29) is 17.3 Å². The summed E-state index contributed by atoms with van der Waals surface area (Å²) in [5.41, 5.74) is 0.453. The number of anilines is 1. The van der Waals surface area contributed by atoms with Crippen LogP contribution in [0.25, 0.3) is 0 Å². The number of nitrogens with one attached hydrogen (secondary N) is 1. The third-order valence-electron chi connectivity index (χ3n) is 2.71. The van der Waals surface area contributed by atoms with Crippen molar-refractivity contribution in [1.82, 2.24) is 4.98 Å². The predicted octanol–water partition coefficient (Wildman–Crippen LogP) is 3.40. The third-order valence-corrected chi connectivity index (χ3v) is 3.80.